The number of hydrogen-bond donors (Lipinski definition) is 1. The molecule has 1 aliphatic heterocycles. The molecule has 5 unspecified atom stereocenters. The van der Waals surface area contributed by atoms with Gasteiger partial charge in [0.05, 0.1) is 0 Å². The van der Waals surface area contributed by atoms with Gasteiger partial charge in [0.15, 0.2) is 0 Å². The second kappa shape index (κ2) is 7.17. The molecular formula is C23H31N. The van der Waals surface area contributed by atoms with E-state index in [1.165, 1.54) is 44.9 Å². The van der Waals surface area contributed by atoms with Crippen LogP contribution < -0.4 is 5.32 Å². The van der Waals surface area contributed by atoms with Crippen molar-refractivity contribution in [3.63, 3.8) is 0 Å². The zero-order valence-electron chi connectivity index (χ0n) is 15.0. The summed E-state index contributed by atoms with van der Waals surface area (Å²) >= 11 is 0. The van der Waals surface area contributed by atoms with Gasteiger partial charge in [-0.2, -0.15) is 0 Å². The first-order valence-corrected chi connectivity index (χ1v) is 10.0. The summed E-state index contributed by atoms with van der Waals surface area (Å²) in [5.41, 5.74) is 3.26. The van der Waals surface area contributed by atoms with Crippen LogP contribution in [0, 0.1) is 23.7 Å². The van der Waals surface area contributed by atoms with E-state index in [1.54, 1.807) is 11.1 Å². The van der Waals surface area contributed by atoms with E-state index in [4.69, 9.17) is 0 Å². The largest absolute Gasteiger partial charge is 0.388 e. The van der Waals surface area contributed by atoms with Crippen molar-refractivity contribution in [1.82, 2.24) is 5.32 Å². The van der Waals surface area contributed by atoms with Crippen LogP contribution in [0.3, 0.4) is 0 Å². The fraction of sp³-hybridized carbons (Fsp3) is 0.565. The fourth-order valence-electron chi connectivity index (χ4n) is 5.18. The van der Waals surface area contributed by atoms with Gasteiger partial charge in [0, 0.05) is 12.0 Å². The summed E-state index contributed by atoms with van der Waals surface area (Å²) in [5, 5.41) is 3.77. The third-order valence-corrected chi connectivity index (χ3v) is 6.64. The highest BCUT2D eigenvalue weighted by Gasteiger charge is 2.34. The summed E-state index contributed by atoms with van der Waals surface area (Å²) in [4.78, 5) is 0. The van der Waals surface area contributed by atoms with Crippen molar-refractivity contribution in [2.45, 2.75) is 57.9 Å². The molecule has 1 heteroatoms. The van der Waals surface area contributed by atoms with E-state index in [-0.39, 0.29) is 0 Å². The third kappa shape index (κ3) is 3.18. The minimum Gasteiger partial charge on any atom is -0.388 e. The monoisotopic (exact) mass is 321 g/mol. The average molecular weight is 322 g/mol. The standard InChI is InChI=1S/C23H31N/c1-2-23-22(15-21(16-24-23)17-8-4-3-5-9-17)20-13-12-18-10-6-7-11-19(18)14-20/h3-5,7-8,11,14,16-18,20,22-24H,2,6,9-10,12-13,15H2,1H3. The molecule has 0 spiro atoms. The van der Waals surface area contributed by atoms with Gasteiger partial charge in [-0.25, -0.2) is 0 Å². The minimum atomic E-state index is 0.612. The summed E-state index contributed by atoms with van der Waals surface area (Å²) in [6.07, 6.45) is 28.0. The van der Waals surface area contributed by atoms with Gasteiger partial charge in [-0.3, -0.25) is 0 Å². The molecule has 0 amide bonds. The number of fused-ring (bicyclic) bond motifs is 1. The van der Waals surface area contributed by atoms with Crippen LogP contribution in [0.25, 0.3) is 0 Å². The molecule has 4 aliphatic rings. The van der Waals surface area contributed by atoms with Crippen molar-refractivity contribution in [1.29, 1.82) is 0 Å². The zero-order chi connectivity index (χ0) is 16.4. The third-order valence-electron chi connectivity index (χ3n) is 6.64. The second-order valence-electron chi connectivity index (χ2n) is 8.01. The van der Waals surface area contributed by atoms with Crippen LogP contribution in [0.1, 0.15) is 51.9 Å². The lowest BCUT2D eigenvalue weighted by Crippen LogP contribution is -2.41. The Labute approximate surface area is 147 Å². The molecule has 0 aromatic carbocycles. The Morgan fingerprint density at radius 3 is 2.92 bits per heavy atom. The van der Waals surface area contributed by atoms with Crippen LogP contribution in [-0.4, -0.2) is 6.04 Å². The lowest BCUT2D eigenvalue weighted by atomic mass is 9.68. The smallest absolute Gasteiger partial charge is 0.0290 e. The van der Waals surface area contributed by atoms with E-state index in [9.17, 15) is 0 Å². The Kier molecular flexibility index (Phi) is 4.78. The van der Waals surface area contributed by atoms with Crippen LogP contribution in [0.15, 0.2) is 59.9 Å². The van der Waals surface area contributed by atoms with Crippen molar-refractivity contribution in [3.05, 3.63) is 59.9 Å². The topological polar surface area (TPSA) is 12.0 Å². The summed E-state index contributed by atoms with van der Waals surface area (Å²) in [7, 11) is 0. The second-order valence-corrected chi connectivity index (χ2v) is 8.01. The average Bonchev–Trinajstić information content (AvgIpc) is 2.68. The molecule has 4 rings (SSSR count). The Bertz CT molecular complexity index is 604. The highest BCUT2D eigenvalue weighted by Crippen LogP contribution is 2.42. The van der Waals surface area contributed by atoms with Crippen molar-refractivity contribution in [2.75, 3.05) is 0 Å². The maximum Gasteiger partial charge on any atom is 0.0290 e. The van der Waals surface area contributed by atoms with E-state index < -0.39 is 0 Å². The number of nitrogens with one attached hydrogen (secondary N) is 1. The van der Waals surface area contributed by atoms with Crippen LogP contribution in [0.2, 0.25) is 0 Å². The predicted molar refractivity (Wildman–Crippen MR) is 102 cm³/mol. The van der Waals surface area contributed by atoms with Gasteiger partial charge < -0.3 is 5.32 Å². The fourth-order valence-corrected chi connectivity index (χ4v) is 5.18. The van der Waals surface area contributed by atoms with E-state index in [0.29, 0.717) is 12.0 Å². The van der Waals surface area contributed by atoms with E-state index in [1.807, 2.05) is 0 Å². The summed E-state index contributed by atoms with van der Waals surface area (Å²) in [6.45, 7) is 2.34. The van der Waals surface area contributed by atoms with E-state index in [2.05, 4.69) is 61.0 Å². The highest BCUT2D eigenvalue weighted by molar-refractivity contribution is 5.29. The molecule has 0 fully saturated rings. The van der Waals surface area contributed by atoms with Crippen LogP contribution in [-0.2, 0) is 0 Å². The first-order valence-electron chi connectivity index (χ1n) is 10.0. The summed E-state index contributed by atoms with van der Waals surface area (Å²) in [5.74, 6) is 2.98. The Morgan fingerprint density at radius 2 is 2.08 bits per heavy atom. The van der Waals surface area contributed by atoms with Crippen LogP contribution in [0.5, 0.6) is 0 Å². The molecule has 1 heterocycles. The maximum absolute atomic E-state index is 3.77. The molecule has 0 radical (unpaired) electrons. The lowest BCUT2D eigenvalue weighted by Gasteiger charge is -2.41. The molecule has 1 N–H and O–H groups in total. The molecule has 0 saturated heterocycles. The molecule has 0 aromatic heterocycles. The first-order chi connectivity index (χ1) is 11.8. The van der Waals surface area contributed by atoms with Gasteiger partial charge >= 0.3 is 0 Å². The Hall–Kier alpha value is -1.50. The molecule has 5 atom stereocenters. The van der Waals surface area contributed by atoms with Crippen molar-refractivity contribution in [2.24, 2.45) is 23.7 Å². The molecule has 24 heavy (non-hydrogen) atoms. The number of rotatable bonds is 3. The first kappa shape index (κ1) is 16.0. The van der Waals surface area contributed by atoms with Crippen molar-refractivity contribution < 1.29 is 0 Å². The minimum absolute atomic E-state index is 0.612. The Morgan fingerprint density at radius 1 is 1.12 bits per heavy atom. The lowest BCUT2D eigenvalue weighted by molar-refractivity contribution is 0.239. The number of allylic oxidation sites excluding steroid dienone is 9. The van der Waals surface area contributed by atoms with Crippen LogP contribution in [0.4, 0.5) is 0 Å². The van der Waals surface area contributed by atoms with Gasteiger partial charge in [-0.15, -0.1) is 0 Å². The quantitative estimate of drug-likeness (QED) is 0.703. The van der Waals surface area contributed by atoms with Gasteiger partial charge in [-0.1, -0.05) is 49.5 Å². The van der Waals surface area contributed by atoms with Gasteiger partial charge in [0.2, 0.25) is 0 Å². The predicted octanol–water partition coefficient (Wildman–Crippen LogP) is 5.69. The summed E-state index contributed by atoms with van der Waals surface area (Å²) < 4.78 is 0. The SMILES string of the molecule is CCC1NC=C(C2C=CC=CC2)CC1C1C=C2C=CCCC2CC1. The molecular weight excluding hydrogens is 290 g/mol. The normalized spacial score (nSPS) is 38.1. The van der Waals surface area contributed by atoms with Crippen molar-refractivity contribution >= 4 is 0 Å². The summed E-state index contributed by atoms with van der Waals surface area (Å²) in [6, 6.07) is 0.642. The van der Waals surface area contributed by atoms with Gasteiger partial charge in [0.25, 0.3) is 0 Å². The maximum atomic E-state index is 3.77. The molecule has 1 nitrogen and oxygen atoms in total. The molecule has 0 aromatic rings. The zero-order valence-corrected chi connectivity index (χ0v) is 15.0. The van der Waals surface area contributed by atoms with E-state index >= 15 is 0 Å². The number of hydrogen-bond acceptors (Lipinski definition) is 1. The van der Waals surface area contributed by atoms with E-state index in [0.717, 1.165) is 17.8 Å². The Balaban J connectivity index is 1.53. The van der Waals surface area contributed by atoms with Crippen molar-refractivity contribution in [3.8, 4) is 0 Å². The molecule has 128 valence electrons. The molecule has 0 saturated carbocycles. The molecule has 3 aliphatic carbocycles. The molecule has 0 bridgehead atoms. The highest BCUT2D eigenvalue weighted by atomic mass is 14.9. The van der Waals surface area contributed by atoms with Crippen LogP contribution >= 0.6 is 0 Å². The van der Waals surface area contributed by atoms with Gasteiger partial charge in [-0.05, 0) is 80.0 Å². The van der Waals surface area contributed by atoms with Gasteiger partial charge in [0.1, 0.15) is 0 Å².